The number of carboxylic acids is 1. The molecule has 0 unspecified atom stereocenters. The SMILES string of the molecule is O=C(NCC1(C(=O)O)CC1)c1cnn(-c2ccccc2)n1. The summed E-state index contributed by atoms with van der Waals surface area (Å²) >= 11 is 0. The highest BCUT2D eigenvalue weighted by Gasteiger charge is 2.50. The third-order valence-corrected chi connectivity index (χ3v) is 3.61. The summed E-state index contributed by atoms with van der Waals surface area (Å²) in [7, 11) is 0. The maximum absolute atomic E-state index is 12.0. The van der Waals surface area contributed by atoms with Crippen LogP contribution in [0.25, 0.3) is 5.69 Å². The molecule has 1 aliphatic rings. The van der Waals surface area contributed by atoms with Gasteiger partial charge >= 0.3 is 5.97 Å². The second-order valence-corrected chi connectivity index (χ2v) is 5.12. The van der Waals surface area contributed by atoms with E-state index >= 15 is 0 Å². The molecular formula is C14H14N4O3. The first-order chi connectivity index (χ1) is 10.1. The number of hydrogen-bond acceptors (Lipinski definition) is 4. The molecule has 1 aromatic carbocycles. The Balaban J connectivity index is 1.66. The number of aliphatic carboxylic acids is 1. The molecule has 7 nitrogen and oxygen atoms in total. The van der Waals surface area contributed by atoms with Crippen molar-refractivity contribution in [2.45, 2.75) is 12.8 Å². The fraction of sp³-hybridized carbons (Fsp3) is 0.286. The average Bonchev–Trinajstić information content (AvgIpc) is 3.14. The fourth-order valence-electron chi connectivity index (χ4n) is 2.01. The quantitative estimate of drug-likeness (QED) is 0.849. The first-order valence-corrected chi connectivity index (χ1v) is 6.60. The number of benzene rings is 1. The van der Waals surface area contributed by atoms with Crippen LogP contribution >= 0.6 is 0 Å². The van der Waals surface area contributed by atoms with Crippen LogP contribution in [-0.4, -0.2) is 38.5 Å². The zero-order chi connectivity index (χ0) is 14.9. The molecule has 0 atom stereocenters. The lowest BCUT2D eigenvalue weighted by molar-refractivity contribution is -0.143. The Kier molecular flexibility index (Phi) is 3.17. The molecule has 0 aliphatic heterocycles. The van der Waals surface area contributed by atoms with Gasteiger partial charge in [0.15, 0.2) is 5.69 Å². The Bertz CT molecular complexity index is 677. The van der Waals surface area contributed by atoms with Crippen molar-refractivity contribution in [3.63, 3.8) is 0 Å². The number of amides is 1. The smallest absolute Gasteiger partial charge is 0.311 e. The van der Waals surface area contributed by atoms with Crippen LogP contribution in [-0.2, 0) is 4.79 Å². The van der Waals surface area contributed by atoms with Gasteiger partial charge < -0.3 is 10.4 Å². The van der Waals surface area contributed by atoms with Gasteiger partial charge in [-0.15, -0.1) is 5.10 Å². The number of nitrogens with zero attached hydrogens (tertiary/aromatic N) is 3. The third-order valence-electron chi connectivity index (χ3n) is 3.61. The van der Waals surface area contributed by atoms with Crippen molar-refractivity contribution in [1.29, 1.82) is 0 Å². The van der Waals surface area contributed by atoms with Crippen LogP contribution in [0.2, 0.25) is 0 Å². The molecule has 1 fully saturated rings. The van der Waals surface area contributed by atoms with Crippen LogP contribution < -0.4 is 5.32 Å². The zero-order valence-corrected chi connectivity index (χ0v) is 11.2. The molecular weight excluding hydrogens is 272 g/mol. The van der Waals surface area contributed by atoms with Gasteiger partial charge in [0.1, 0.15) is 0 Å². The fourth-order valence-corrected chi connectivity index (χ4v) is 2.01. The molecule has 2 aromatic rings. The number of rotatable bonds is 5. The number of carbonyl (C=O) groups is 2. The highest BCUT2D eigenvalue weighted by Crippen LogP contribution is 2.45. The lowest BCUT2D eigenvalue weighted by atomic mass is 10.1. The van der Waals surface area contributed by atoms with E-state index < -0.39 is 17.3 Å². The maximum Gasteiger partial charge on any atom is 0.311 e. The monoisotopic (exact) mass is 286 g/mol. The Hall–Kier alpha value is -2.70. The number of para-hydroxylation sites is 1. The van der Waals surface area contributed by atoms with E-state index in [0.29, 0.717) is 12.8 Å². The number of aromatic nitrogens is 3. The minimum Gasteiger partial charge on any atom is -0.481 e. The van der Waals surface area contributed by atoms with Crippen LogP contribution in [0.5, 0.6) is 0 Å². The summed E-state index contributed by atoms with van der Waals surface area (Å²) in [5.41, 5.74) is 0.131. The van der Waals surface area contributed by atoms with Gasteiger partial charge in [-0.1, -0.05) is 18.2 Å². The van der Waals surface area contributed by atoms with E-state index in [9.17, 15) is 9.59 Å². The summed E-state index contributed by atoms with van der Waals surface area (Å²) < 4.78 is 0. The van der Waals surface area contributed by atoms with Gasteiger partial charge in [-0.05, 0) is 25.0 Å². The highest BCUT2D eigenvalue weighted by atomic mass is 16.4. The minimum absolute atomic E-state index is 0.124. The summed E-state index contributed by atoms with van der Waals surface area (Å²) in [6.45, 7) is 0.124. The van der Waals surface area contributed by atoms with Crippen molar-refractivity contribution in [1.82, 2.24) is 20.3 Å². The Morgan fingerprint density at radius 3 is 2.62 bits per heavy atom. The standard InChI is InChI=1S/C14H14N4O3/c19-12(15-9-14(6-7-14)13(20)21)11-8-16-18(17-11)10-4-2-1-3-5-10/h1-5,8H,6-7,9H2,(H,15,19)(H,20,21). The van der Waals surface area contributed by atoms with Gasteiger partial charge in [-0.2, -0.15) is 9.90 Å². The molecule has 1 aliphatic carbocycles. The second kappa shape index (κ2) is 5.01. The molecule has 2 N–H and O–H groups in total. The van der Waals surface area contributed by atoms with Crippen LogP contribution in [0.15, 0.2) is 36.5 Å². The van der Waals surface area contributed by atoms with E-state index in [-0.39, 0.29) is 12.2 Å². The van der Waals surface area contributed by atoms with E-state index in [1.807, 2.05) is 30.3 Å². The molecule has 1 heterocycles. The Labute approximate surface area is 120 Å². The van der Waals surface area contributed by atoms with Crippen LogP contribution in [0.1, 0.15) is 23.3 Å². The topological polar surface area (TPSA) is 97.1 Å². The first kappa shape index (κ1) is 13.3. The minimum atomic E-state index is -0.865. The molecule has 0 bridgehead atoms. The maximum atomic E-state index is 12.0. The van der Waals surface area contributed by atoms with Crippen molar-refractivity contribution in [2.75, 3.05) is 6.54 Å². The van der Waals surface area contributed by atoms with E-state index in [0.717, 1.165) is 5.69 Å². The van der Waals surface area contributed by atoms with Gasteiger partial charge in [0.25, 0.3) is 5.91 Å². The molecule has 21 heavy (non-hydrogen) atoms. The van der Waals surface area contributed by atoms with E-state index in [1.54, 1.807) is 0 Å². The van der Waals surface area contributed by atoms with E-state index in [2.05, 4.69) is 15.5 Å². The predicted octanol–water partition coefficient (Wildman–Crippen LogP) is 0.862. The predicted molar refractivity (Wildman–Crippen MR) is 73.0 cm³/mol. The molecule has 108 valence electrons. The average molecular weight is 286 g/mol. The zero-order valence-electron chi connectivity index (χ0n) is 11.2. The van der Waals surface area contributed by atoms with Crippen molar-refractivity contribution < 1.29 is 14.7 Å². The molecule has 0 spiro atoms. The molecule has 1 saturated carbocycles. The van der Waals surface area contributed by atoms with Crippen molar-refractivity contribution in [3.8, 4) is 5.69 Å². The lowest BCUT2D eigenvalue weighted by Gasteiger charge is -2.09. The number of carboxylic acid groups (broad SMARTS) is 1. The normalized spacial score (nSPS) is 15.4. The molecule has 0 saturated heterocycles. The molecule has 1 amide bonds. The largest absolute Gasteiger partial charge is 0.481 e. The van der Waals surface area contributed by atoms with Crippen LogP contribution in [0.4, 0.5) is 0 Å². The summed E-state index contributed by atoms with van der Waals surface area (Å²) in [6.07, 6.45) is 2.56. The van der Waals surface area contributed by atoms with Gasteiger partial charge in [-0.3, -0.25) is 9.59 Å². The summed E-state index contributed by atoms with van der Waals surface area (Å²) in [5, 5.41) is 19.8. The molecule has 7 heteroatoms. The first-order valence-electron chi connectivity index (χ1n) is 6.60. The summed E-state index contributed by atoms with van der Waals surface area (Å²) in [4.78, 5) is 24.4. The molecule has 0 radical (unpaired) electrons. The third kappa shape index (κ3) is 2.62. The van der Waals surface area contributed by atoms with Crippen molar-refractivity contribution >= 4 is 11.9 Å². The molecule has 1 aromatic heterocycles. The van der Waals surface area contributed by atoms with Crippen molar-refractivity contribution in [3.05, 3.63) is 42.2 Å². The van der Waals surface area contributed by atoms with Crippen LogP contribution in [0, 0.1) is 5.41 Å². The van der Waals surface area contributed by atoms with Gasteiger partial charge in [0, 0.05) is 6.54 Å². The van der Waals surface area contributed by atoms with Crippen molar-refractivity contribution in [2.24, 2.45) is 5.41 Å². The van der Waals surface area contributed by atoms with E-state index in [4.69, 9.17) is 5.11 Å². The van der Waals surface area contributed by atoms with Crippen LogP contribution in [0.3, 0.4) is 0 Å². The second-order valence-electron chi connectivity index (χ2n) is 5.12. The van der Waals surface area contributed by atoms with Gasteiger partial charge in [0.05, 0.1) is 17.3 Å². The van der Waals surface area contributed by atoms with E-state index in [1.165, 1.54) is 11.0 Å². The number of carbonyl (C=O) groups excluding carboxylic acids is 1. The highest BCUT2D eigenvalue weighted by molar-refractivity contribution is 5.92. The lowest BCUT2D eigenvalue weighted by Crippen LogP contribution is -2.34. The Morgan fingerprint density at radius 1 is 1.29 bits per heavy atom. The van der Waals surface area contributed by atoms with Gasteiger partial charge in [-0.25, -0.2) is 0 Å². The number of nitrogens with one attached hydrogen (secondary N) is 1. The Morgan fingerprint density at radius 2 is 2.00 bits per heavy atom. The summed E-state index contributed by atoms with van der Waals surface area (Å²) in [6, 6.07) is 9.22. The summed E-state index contributed by atoms with van der Waals surface area (Å²) in [5.74, 6) is -1.28. The van der Waals surface area contributed by atoms with Gasteiger partial charge in [0.2, 0.25) is 0 Å². The number of hydrogen-bond donors (Lipinski definition) is 2. The molecule has 3 rings (SSSR count).